The first-order valence-corrected chi connectivity index (χ1v) is 6.35. The van der Waals surface area contributed by atoms with Crippen LogP contribution >= 0.6 is 0 Å². The molecule has 0 amide bonds. The minimum absolute atomic E-state index is 0.162. The smallest absolute Gasteiger partial charge is 0.317 e. The van der Waals surface area contributed by atoms with Crippen molar-refractivity contribution in [2.24, 2.45) is 35.5 Å². The molecule has 0 N–H and O–H groups in total. The molecule has 8 atom stereocenters. The maximum atomic E-state index is 11.7. The molecule has 4 fully saturated rings. The predicted octanol–water partition coefficient (Wildman–Crippen LogP) is 0.521. The van der Waals surface area contributed by atoms with E-state index in [1.165, 1.54) is 0 Å². The number of fused-ring (bicyclic) bond motifs is 12. The van der Waals surface area contributed by atoms with Gasteiger partial charge in [-0.3, -0.25) is 9.59 Å². The molecular weight excluding hydrogens is 220 g/mol. The molecule has 0 radical (unpaired) electrons. The summed E-state index contributed by atoms with van der Waals surface area (Å²) >= 11 is 0. The standard InChI is InChI=1S/C13H12O4/c14-12-10-4-3-5(11(10)13(15)17-12)9-7-2-1-6(16-7)8(4)9/h1-2,4-11H,3H2. The Bertz CT molecular complexity index is 442. The van der Waals surface area contributed by atoms with E-state index in [0.29, 0.717) is 23.7 Å². The Morgan fingerprint density at radius 3 is 2.00 bits per heavy atom. The minimum Gasteiger partial charge on any atom is -0.393 e. The SMILES string of the molecule is O=C1OC(=O)C2C3CC(C12)C1C2C=CC(O2)C31. The molecule has 4 nitrogen and oxygen atoms in total. The van der Waals surface area contributed by atoms with Gasteiger partial charge in [0, 0.05) is 0 Å². The Kier molecular flexibility index (Phi) is 1.29. The van der Waals surface area contributed by atoms with Gasteiger partial charge in [0.1, 0.15) is 0 Å². The van der Waals surface area contributed by atoms with Crippen LogP contribution in [0.4, 0.5) is 0 Å². The van der Waals surface area contributed by atoms with Gasteiger partial charge in [0.15, 0.2) is 0 Å². The first-order valence-electron chi connectivity index (χ1n) is 6.35. The normalized spacial score (nSPS) is 60.9. The highest BCUT2D eigenvalue weighted by Gasteiger charge is 2.71. The summed E-state index contributed by atoms with van der Waals surface area (Å²) in [5, 5.41) is 0. The third-order valence-corrected chi connectivity index (χ3v) is 5.60. The largest absolute Gasteiger partial charge is 0.393 e. The van der Waals surface area contributed by atoms with E-state index < -0.39 is 0 Å². The van der Waals surface area contributed by atoms with Gasteiger partial charge in [0.2, 0.25) is 0 Å². The van der Waals surface area contributed by atoms with Crippen molar-refractivity contribution in [1.29, 1.82) is 0 Å². The minimum atomic E-state index is -0.280. The van der Waals surface area contributed by atoms with Crippen molar-refractivity contribution < 1.29 is 19.1 Å². The number of hydrogen-bond donors (Lipinski definition) is 0. The second kappa shape index (κ2) is 2.48. The monoisotopic (exact) mass is 232 g/mol. The van der Waals surface area contributed by atoms with Gasteiger partial charge in [-0.2, -0.15) is 0 Å². The number of rotatable bonds is 0. The highest BCUT2D eigenvalue weighted by Crippen LogP contribution is 2.66. The fourth-order valence-corrected chi connectivity index (χ4v) is 5.24. The molecule has 0 aromatic carbocycles. The van der Waals surface area contributed by atoms with Crippen LogP contribution in [0.5, 0.6) is 0 Å². The van der Waals surface area contributed by atoms with Crippen molar-refractivity contribution in [2.75, 3.05) is 0 Å². The second-order valence-electron chi connectivity index (χ2n) is 5.96. The van der Waals surface area contributed by atoms with Gasteiger partial charge in [0.25, 0.3) is 0 Å². The molecule has 4 heteroatoms. The molecule has 8 unspecified atom stereocenters. The third-order valence-electron chi connectivity index (χ3n) is 5.60. The molecule has 3 aliphatic heterocycles. The van der Waals surface area contributed by atoms with E-state index in [0.717, 1.165) is 6.42 Å². The molecule has 5 aliphatic rings. The maximum absolute atomic E-state index is 11.7. The van der Waals surface area contributed by atoms with Gasteiger partial charge < -0.3 is 9.47 Å². The van der Waals surface area contributed by atoms with Crippen LogP contribution in [0.1, 0.15) is 6.42 Å². The van der Waals surface area contributed by atoms with E-state index in [1.807, 2.05) is 0 Å². The Balaban J connectivity index is 1.64. The van der Waals surface area contributed by atoms with Crippen LogP contribution in [0.2, 0.25) is 0 Å². The highest BCUT2D eigenvalue weighted by atomic mass is 16.6. The topological polar surface area (TPSA) is 52.6 Å². The molecule has 2 saturated heterocycles. The van der Waals surface area contributed by atoms with Crippen molar-refractivity contribution in [2.45, 2.75) is 18.6 Å². The van der Waals surface area contributed by atoms with E-state index in [-0.39, 0.29) is 36.0 Å². The Labute approximate surface area is 97.9 Å². The fourth-order valence-electron chi connectivity index (χ4n) is 5.24. The van der Waals surface area contributed by atoms with Crippen molar-refractivity contribution in [3.05, 3.63) is 12.2 Å². The van der Waals surface area contributed by atoms with Crippen LogP contribution in [0, 0.1) is 35.5 Å². The molecule has 3 heterocycles. The lowest BCUT2D eigenvalue weighted by Crippen LogP contribution is -2.40. The van der Waals surface area contributed by atoms with Crippen molar-refractivity contribution in [3.8, 4) is 0 Å². The molecule has 4 bridgehead atoms. The van der Waals surface area contributed by atoms with Crippen molar-refractivity contribution in [1.82, 2.24) is 0 Å². The van der Waals surface area contributed by atoms with Crippen LogP contribution in [0.3, 0.4) is 0 Å². The predicted molar refractivity (Wildman–Crippen MR) is 54.5 cm³/mol. The zero-order chi connectivity index (χ0) is 11.3. The lowest BCUT2D eigenvalue weighted by molar-refractivity contribution is -0.155. The van der Waals surface area contributed by atoms with Gasteiger partial charge in [-0.1, -0.05) is 12.2 Å². The van der Waals surface area contributed by atoms with Crippen molar-refractivity contribution >= 4 is 11.9 Å². The Morgan fingerprint density at radius 2 is 1.47 bits per heavy atom. The number of carbonyl (C=O) groups excluding carboxylic acids is 2. The molecule has 17 heavy (non-hydrogen) atoms. The van der Waals surface area contributed by atoms with Crippen molar-refractivity contribution in [3.63, 3.8) is 0 Å². The summed E-state index contributed by atoms with van der Waals surface area (Å²) in [6.07, 6.45) is 5.64. The summed E-state index contributed by atoms with van der Waals surface area (Å²) in [7, 11) is 0. The average molecular weight is 232 g/mol. The molecular formula is C13H12O4. The van der Waals surface area contributed by atoms with E-state index in [9.17, 15) is 9.59 Å². The van der Waals surface area contributed by atoms with E-state index in [2.05, 4.69) is 12.2 Å². The number of carbonyl (C=O) groups is 2. The summed E-state index contributed by atoms with van der Waals surface area (Å²) < 4.78 is 10.7. The molecule has 0 aromatic rings. The second-order valence-corrected chi connectivity index (χ2v) is 5.96. The summed E-state index contributed by atoms with van der Waals surface area (Å²) in [6.45, 7) is 0. The molecule has 0 spiro atoms. The van der Waals surface area contributed by atoms with Crippen LogP contribution < -0.4 is 0 Å². The summed E-state index contributed by atoms with van der Waals surface area (Å²) in [5.41, 5.74) is 0. The quantitative estimate of drug-likeness (QED) is 0.347. The summed E-state index contributed by atoms with van der Waals surface area (Å²) in [6, 6.07) is 0. The van der Waals surface area contributed by atoms with Gasteiger partial charge in [0.05, 0.1) is 24.0 Å². The Morgan fingerprint density at radius 1 is 0.941 bits per heavy atom. The van der Waals surface area contributed by atoms with Crippen LogP contribution in [-0.2, 0) is 19.1 Å². The third kappa shape index (κ3) is 0.785. The van der Waals surface area contributed by atoms with Gasteiger partial charge in [-0.15, -0.1) is 0 Å². The lowest BCUT2D eigenvalue weighted by atomic mass is 9.65. The van der Waals surface area contributed by atoms with Gasteiger partial charge >= 0.3 is 11.9 Å². The molecule has 88 valence electrons. The maximum Gasteiger partial charge on any atom is 0.317 e. The Hall–Kier alpha value is -1.16. The summed E-state index contributed by atoms with van der Waals surface area (Å²) in [4.78, 5) is 23.5. The van der Waals surface area contributed by atoms with E-state index >= 15 is 0 Å². The van der Waals surface area contributed by atoms with Gasteiger partial charge in [-0.05, 0) is 30.1 Å². The number of cyclic esters (lactones) is 2. The molecule has 2 aliphatic carbocycles. The fraction of sp³-hybridized carbons (Fsp3) is 0.692. The van der Waals surface area contributed by atoms with Crippen LogP contribution in [0.15, 0.2) is 12.2 Å². The van der Waals surface area contributed by atoms with Gasteiger partial charge in [-0.25, -0.2) is 0 Å². The lowest BCUT2D eigenvalue weighted by Gasteiger charge is -2.33. The number of hydrogen-bond acceptors (Lipinski definition) is 4. The molecule has 5 rings (SSSR count). The zero-order valence-corrected chi connectivity index (χ0v) is 9.11. The number of esters is 2. The molecule has 0 aromatic heterocycles. The number of ether oxygens (including phenoxy) is 2. The van der Waals surface area contributed by atoms with Crippen LogP contribution in [0.25, 0.3) is 0 Å². The first-order chi connectivity index (χ1) is 8.25. The molecule has 2 saturated carbocycles. The van der Waals surface area contributed by atoms with Crippen LogP contribution in [-0.4, -0.2) is 24.1 Å². The first kappa shape index (κ1) is 8.86. The average Bonchev–Trinajstić information content (AvgIpc) is 3.03. The summed E-state index contributed by atoms with van der Waals surface area (Å²) in [5.74, 6) is 0.651. The zero-order valence-electron chi connectivity index (χ0n) is 9.11. The van der Waals surface area contributed by atoms with E-state index in [4.69, 9.17) is 9.47 Å². The highest BCUT2D eigenvalue weighted by molar-refractivity contribution is 5.97. The van der Waals surface area contributed by atoms with E-state index in [1.54, 1.807) is 0 Å².